The van der Waals surface area contributed by atoms with Gasteiger partial charge < -0.3 is 15.0 Å². The zero-order valence-corrected chi connectivity index (χ0v) is 20.4. The van der Waals surface area contributed by atoms with Crippen molar-refractivity contribution in [3.05, 3.63) is 44.8 Å². The number of anilines is 2. The normalized spacial score (nSPS) is 18.9. The number of thiophene rings is 1. The van der Waals surface area contributed by atoms with Crippen LogP contribution in [0.3, 0.4) is 0 Å². The molecule has 1 fully saturated rings. The highest BCUT2D eigenvalue weighted by atomic mass is 35.5. The van der Waals surface area contributed by atoms with Crippen LogP contribution in [0.15, 0.2) is 18.2 Å². The Kier molecular flexibility index (Phi) is 7.08. The number of carbonyl (C=O) groups is 2. The fourth-order valence-electron chi connectivity index (χ4n) is 4.60. The van der Waals surface area contributed by atoms with Crippen molar-refractivity contribution in [2.24, 2.45) is 5.92 Å². The van der Waals surface area contributed by atoms with Crippen molar-refractivity contribution in [2.75, 3.05) is 50.1 Å². The summed E-state index contributed by atoms with van der Waals surface area (Å²) < 4.78 is 5.02. The van der Waals surface area contributed by atoms with Crippen LogP contribution in [-0.2, 0) is 22.4 Å². The molecule has 0 bridgehead atoms. The molecule has 2 aromatic rings. The van der Waals surface area contributed by atoms with E-state index in [0.29, 0.717) is 23.0 Å². The SMILES string of the molecule is COC(=O)c1c(NC(=O)CN2CCN(c3cc(Cl)ccc3C)CC2)sc2c1CCC(C)C2. The third-order valence-corrected chi connectivity index (χ3v) is 7.81. The lowest BCUT2D eigenvalue weighted by Gasteiger charge is -2.36. The van der Waals surface area contributed by atoms with E-state index >= 15 is 0 Å². The van der Waals surface area contributed by atoms with E-state index in [4.69, 9.17) is 16.3 Å². The number of esters is 1. The van der Waals surface area contributed by atoms with E-state index in [2.05, 4.69) is 29.0 Å². The van der Waals surface area contributed by atoms with Gasteiger partial charge in [0.2, 0.25) is 5.91 Å². The van der Waals surface area contributed by atoms with E-state index in [1.165, 1.54) is 28.9 Å². The molecule has 8 heteroatoms. The van der Waals surface area contributed by atoms with Crippen LogP contribution in [0.4, 0.5) is 10.7 Å². The molecule has 1 N–H and O–H groups in total. The minimum Gasteiger partial charge on any atom is -0.465 e. The van der Waals surface area contributed by atoms with E-state index in [1.807, 2.05) is 18.2 Å². The van der Waals surface area contributed by atoms with Gasteiger partial charge >= 0.3 is 5.97 Å². The zero-order chi connectivity index (χ0) is 22.8. The lowest BCUT2D eigenvalue weighted by Crippen LogP contribution is -2.48. The molecule has 1 aromatic carbocycles. The molecule has 32 heavy (non-hydrogen) atoms. The summed E-state index contributed by atoms with van der Waals surface area (Å²) in [5.41, 5.74) is 3.96. The molecule has 1 aromatic heterocycles. The van der Waals surface area contributed by atoms with E-state index in [9.17, 15) is 9.59 Å². The van der Waals surface area contributed by atoms with Crippen molar-refractivity contribution in [1.82, 2.24) is 4.90 Å². The first kappa shape index (κ1) is 23.1. The number of halogens is 1. The van der Waals surface area contributed by atoms with Crippen LogP contribution in [0.2, 0.25) is 5.02 Å². The fourth-order valence-corrected chi connectivity index (χ4v) is 6.18. The number of amides is 1. The van der Waals surface area contributed by atoms with Crippen LogP contribution in [-0.4, -0.2) is 56.6 Å². The van der Waals surface area contributed by atoms with E-state index in [0.717, 1.165) is 61.7 Å². The number of nitrogens with zero attached hydrogens (tertiary/aromatic N) is 2. The van der Waals surface area contributed by atoms with Crippen LogP contribution in [0, 0.1) is 12.8 Å². The topological polar surface area (TPSA) is 61.9 Å². The molecule has 6 nitrogen and oxygen atoms in total. The summed E-state index contributed by atoms with van der Waals surface area (Å²) in [7, 11) is 1.39. The maximum Gasteiger partial charge on any atom is 0.341 e. The maximum atomic E-state index is 12.8. The van der Waals surface area contributed by atoms with Crippen LogP contribution < -0.4 is 10.2 Å². The zero-order valence-electron chi connectivity index (χ0n) is 18.9. The van der Waals surface area contributed by atoms with Gasteiger partial charge in [-0.3, -0.25) is 9.69 Å². The van der Waals surface area contributed by atoms with E-state index in [1.54, 1.807) is 0 Å². The molecule has 1 amide bonds. The first-order chi connectivity index (χ1) is 15.4. The standard InChI is InChI=1S/C24H30ClN3O3S/c1-15-4-7-18-20(12-15)32-23(22(18)24(30)31-3)26-21(29)14-27-8-10-28(11-9-27)19-13-17(25)6-5-16(19)2/h5-6,13,15H,4,7-12,14H2,1-3H3,(H,26,29). The number of hydrogen-bond donors (Lipinski definition) is 1. The lowest BCUT2D eigenvalue weighted by molar-refractivity contribution is -0.117. The highest BCUT2D eigenvalue weighted by Gasteiger charge is 2.29. The summed E-state index contributed by atoms with van der Waals surface area (Å²) in [6.07, 6.45) is 2.86. The Morgan fingerprint density at radius 2 is 2.00 bits per heavy atom. The first-order valence-electron chi connectivity index (χ1n) is 11.1. The van der Waals surface area contributed by atoms with E-state index < -0.39 is 0 Å². The van der Waals surface area contributed by atoms with Gasteiger partial charge in [-0.25, -0.2) is 4.79 Å². The van der Waals surface area contributed by atoms with Crippen molar-refractivity contribution in [3.63, 3.8) is 0 Å². The predicted molar refractivity (Wildman–Crippen MR) is 130 cm³/mol. The molecule has 2 aliphatic rings. The van der Waals surface area contributed by atoms with Gasteiger partial charge in [-0.15, -0.1) is 11.3 Å². The second-order valence-corrected chi connectivity index (χ2v) is 10.3. The Morgan fingerprint density at radius 1 is 1.25 bits per heavy atom. The Balaban J connectivity index is 1.39. The largest absolute Gasteiger partial charge is 0.465 e. The third-order valence-electron chi connectivity index (χ3n) is 6.41. The molecule has 1 aliphatic carbocycles. The van der Waals surface area contributed by atoms with Gasteiger partial charge in [-0.05, 0) is 55.4 Å². The summed E-state index contributed by atoms with van der Waals surface area (Å²) in [6, 6.07) is 5.96. The number of methoxy groups -OCH3 is 1. The van der Waals surface area contributed by atoms with Crippen molar-refractivity contribution in [3.8, 4) is 0 Å². The number of benzene rings is 1. The summed E-state index contributed by atoms with van der Waals surface area (Å²) in [5, 5.41) is 4.38. The molecular weight excluding hydrogens is 446 g/mol. The lowest BCUT2D eigenvalue weighted by atomic mass is 9.88. The van der Waals surface area contributed by atoms with Crippen LogP contribution in [0.1, 0.15) is 39.7 Å². The Hall–Kier alpha value is -2.09. The number of rotatable bonds is 5. The second-order valence-electron chi connectivity index (χ2n) is 8.79. The highest BCUT2D eigenvalue weighted by Crippen LogP contribution is 2.40. The number of aryl methyl sites for hydroxylation is 1. The van der Waals surface area contributed by atoms with Crippen molar-refractivity contribution < 1.29 is 14.3 Å². The Bertz CT molecular complexity index is 1010. The quantitative estimate of drug-likeness (QED) is 0.650. The number of carbonyl (C=O) groups excluding carboxylic acids is 2. The van der Waals surface area contributed by atoms with Crippen LogP contribution in [0.25, 0.3) is 0 Å². The minimum absolute atomic E-state index is 0.0887. The van der Waals surface area contributed by atoms with Crippen molar-refractivity contribution in [2.45, 2.75) is 33.1 Å². The number of ether oxygens (including phenoxy) is 1. The number of fused-ring (bicyclic) bond motifs is 1. The van der Waals surface area contributed by atoms with Gasteiger partial charge in [0.05, 0.1) is 19.2 Å². The molecule has 0 spiro atoms. The molecule has 1 atom stereocenters. The average molecular weight is 476 g/mol. The molecule has 172 valence electrons. The van der Waals surface area contributed by atoms with Gasteiger partial charge in [0.15, 0.2) is 0 Å². The summed E-state index contributed by atoms with van der Waals surface area (Å²) in [6.45, 7) is 7.89. The molecule has 0 saturated carbocycles. The van der Waals surface area contributed by atoms with Crippen molar-refractivity contribution >= 4 is 45.5 Å². The van der Waals surface area contributed by atoms with Crippen LogP contribution >= 0.6 is 22.9 Å². The first-order valence-corrected chi connectivity index (χ1v) is 12.3. The van der Waals surface area contributed by atoms with Gasteiger partial charge in [0.25, 0.3) is 0 Å². The molecule has 2 heterocycles. The van der Waals surface area contributed by atoms with Gasteiger partial charge in [0, 0.05) is 41.8 Å². The average Bonchev–Trinajstić information content (AvgIpc) is 3.12. The highest BCUT2D eigenvalue weighted by molar-refractivity contribution is 7.17. The van der Waals surface area contributed by atoms with Gasteiger partial charge in [0.1, 0.15) is 5.00 Å². The minimum atomic E-state index is -0.363. The van der Waals surface area contributed by atoms with Gasteiger partial charge in [-0.1, -0.05) is 24.6 Å². The predicted octanol–water partition coefficient (Wildman–Crippen LogP) is 4.38. The number of hydrogen-bond acceptors (Lipinski definition) is 6. The molecule has 4 rings (SSSR count). The molecule has 1 saturated heterocycles. The smallest absolute Gasteiger partial charge is 0.341 e. The monoisotopic (exact) mass is 475 g/mol. The number of nitrogens with one attached hydrogen (secondary N) is 1. The summed E-state index contributed by atoms with van der Waals surface area (Å²) >= 11 is 7.71. The maximum absolute atomic E-state index is 12.8. The Labute approximate surface area is 198 Å². The molecule has 0 radical (unpaired) electrons. The molecular formula is C24H30ClN3O3S. The summed E-state index contributed by atoms with van der Waals surface area (Å²) in [4.78, 5) is 31.0. The fraction of sp³-hybridized carbons (Fsp3) is 0.500. The third kappa shape index (κ3) is 4.95. The molecule has 1 aliphatic heterocycles. The van der Waals surface area contributed by atoms with E-state index in [-0.39, 0.29) is 11.9 Å². The second kappa shape index (κ2) is 9.81. The van der Waals surface area contributed by atoms with Crippen LogP contribution in [0.5, 0.6) is 0 Å². The number of piperazine rings is 1. The summed E-state index contributed by atoms with van der Waals surface area (Å²) in [5.74, 6) is 0.140. The molecule has 1 unspecified atom stereocenters. The van der Waals surface area contributed by atoms with Gasteiger partial charge in [-0.2, -0.15) is 0 Å². The van der Waals surface area contributed by atoms with Crippen molar-refractivity contribution in [1.29, 1.82) is 0 Å². The Morgan fingerprint density at radius 3 is 2.72 bits per heavy atom.